The lowest BCUT2D eigenvalue weighted by molar-refractivity contribution is 0.511. The van der Waals surface area contributed by atoms with Crippen LogP contribution in [0.1, 0.15) is 23.6 Å². The minimum Gasteiger partial charge on any atom is -0.206 e. The highest BCUT2D eigenvalue weighted by Gasteiger charge is 2.14. The minimum atomic E-state index is -0.967. The monoisotopic (exact) mass is 422 g/mol. The molecule has 0 nitrogen and oxygen atoms in total. The van der Waals surface area contributed by atoms with Crippen LogP contribution in [0.4, 0.5) is 22.0 Å². The first-order valence-corrected chi connectivity index (χ1v) is 9.54. The zero-order valence-electron chi connectivity index (χ0n) is 16.4. The van der Waals surface area contributed by atoms with Gasteiger partial charge in [0, 0.05) is 5.56 Å². The normalized spacial score (nSPS) is 10.8. The van der Waals surface area contributed by atoms with Gasteiger partial charge in [-0.15, -0.1) is 0 Å². The van der Waals surface area contributed by atoms with E-state index < -0.39 is 29.1 Å². The molecule has 0 aliphatic heterocycles. The van der Waals surface area contributed by atoms with Crippen LogP contribution in [0.25, 0.3) is 21.9 Å². The van der Waals surface area contributed by atoms with Gasteiger partial charge in [-0.1, -0.05) is 30.9 Å². The Balaban J connectivity index is 1.67. The summed E-state index contributed by atoms with van der Waals surface area (Å²) in [4.78, 5) is 0. The van der Waals surface area contributed by atoms with Crippen LogP contribution in [0, 0.1) is 40.9 Å². The molecule has 4 aromatic carbocycles. The van der Waals surface area contributed by atoms with E-state index in [-0.39, 0.29) is 16.7 Å². The summed E-state index contributed by atoms with van der Waals surface area (Å²) in [5.41, 5.74) is 0.817. The van der Waals surface area contributed by atoms with E-state index in [4.69, 9.17) is 0 Å². The Bertz CT molecular complexity index is 1350. The standard InChI is InChI=1S/C26H15F5/c1-2-15-10-24(30)26(25(31)11-15)19-8-7-17(21(27)13-19)5-3-16-4-6-18-12-22(28)23(29)14-20(18)9-16/h4,6-14H,2H2,1H3. The SMILES string of the molecule is CCc1cc(F)c(-c2ccc(C#Cc3ccc4cc(F)c(F)cc4c3)c(F)c2)c(F)c1. The topological polar surface area (TPSA) is 0 Å². The fraction of sp³-hybridized carbons (Fsp3) is 0.0769. The van der Waals surface area contributed by atoms with Gasteiger partial charge < -0.3 is 0 Å². The van der Waals surface area contributed by atoms with Crippen LogP contribution in [-0.2, 0) is 6.42 Å². The summed E-state index contributed by atoms with van der Waals surface area (Å²) in [6.45, 7) is 1.78. The van der Waals surface area contributed by atoms with Crippen molar-refractivity contribution in [3.05, 3.63) is 106 Å². The Labute approximate surface area is 176 Å². The van der Waals surface area contributed by atoms with Gasteiger partial charge in [0.1, 0.15) is 17.5 Å². The Morgan fingerprint density at radius 1 is 0.613 bits per heavy atom. The van der Waals surface area contributed by atoms with Crippen LogP contribution in [0.3, 0.4) is 0 Å². The van der Waals surface area contributed by atoms with E-state index in [0.29, 0.717) is 28.3 Å². The van der Waals surface area contributed by atoms with E-state index in [2.05, 4.69) is 11.8 Å². The van der Waals surface area contributed by atoms with Gasteiger partial charge in [-0.05, 0) is 76.9 Å². The van der Waals surface area contributed by atoms with E-state index >= 15 is 0 Å². The Morgan fingerprint density at radius 3 is 1.94 bits per heavy atom. The second-order valence-electron chi connectivity index (χ2n) is 7.06. The number of fused-ring (bicyclic) bond motifs is 1. The molecule has 0 heterocycles. The largest absolute Gasteiger partial charge is 0.206 e. The van der Waals surface area contributed by atoms with Crippen molar-refractivity contribution >= 4 is 10.8 Å². The van der Waals surface area contributed by atoms with Crippen molar-refractivity contribution < 1.29 is 22.0 Å². The van der Waals surface area contributed by atoms with Crippen LogP contribution < -0.4 is 0 Å². The van der Waals surface area contributed by atoms with E-state index in [1.54, 1.807) is 25.1 Å². The lowest BCUT2D eigenvalue weighted by Crippen LogP contribution is -1.95. The summed E-state index contributed by atoms with van der Waals surface area (Å²) in [5.74, 6) is 1.30. The molecule has 0 atom stereocenters. The minimum absolute atomic E-state index is 0.0418. The molecule has 0 unspecified atom stereocenters. The molecule has 0 amide bonds. The molecule has 0 N–H and O–H groups in total. The molecule has 4 aromatic rings. The second-order valence-corrected chi connectivity index (χ2v) is 7.06. The summed E-state index contributed by atoms with van der Waals surface area (Å²) in [6.07, 6.45) is 0.480. The smallest absolute Gasteiger partial charge is 0.159 e. The molecular formula is C26H15F5. The molecule has 4 rings (SSSR count). The molecule has 0 bridgehead atoms. The third kappa shape index (κ3) is 4.15. The Kier molecular flexibility index (Phi) is 5.48. The lowest BCUT2D eigenvalue weighted by Gasteiger charge is -2.08. The molecular weight excluding hydrogens is 407 g/mol. The molecule has 0 spiro atoms. The molecule has 0 aliphatic carbocycles. The highest BCUT2D eigenvalue weighted by molar-refractivity contribution is 5.84. The van der Waals surface area contributed by atoms with E-state index in [1.165, 1.54) is 24.3 Å². The zero-order valence-corrected chi connectivity index (χ0v) is 16.4. The third-order valence-electron chi connectivity index (χ3n) is 4.99. The number of halogens is 5. The first kappa shape index (κ1) is 20.6. The highest BCUT2D eigenvalue weighted by atomic mass is 19.2. The van der Waals surface area contributed by atoms with Gasteiger partial charge in [0.15, 0.2) is 11.6 Å². The fourth-order valence-corrected chi connectivity index (χ4v) is 3.34. The van der Waals surface area contributed by atoms with Crippen LogP contribution in [0.15, 0.2) is 60.7 Å². The van der Waals surface area contributed by atoms with Gasteiger partial charge in [-0.3, -0.25) is 0 Å². The van der Waals surface area contributed by atoms with Gasteiger partial charge in [-0.2, -0.15) is 0 Å². The molecule has 154 valence electrons. The maximum absolute atomic E-state index is 14.6. The van der Waals surface area contributed by atoms with Crippen molar-refractivity contribution in [1.29, 1.82) is 0 Å². The number of hydrogen-bond donors (Lipinski definition) is 0. The van der Waals surface area contributed by atoms with E-state index in [0.717, 1.165) is 18.2 Å². The highest BCUT2D eigenvalue weighted by Crippen LogP contribution is 2.29. The van der Waals surface area contributed by atoms with Crippen LogP contribution in [0.2, 0.25) is 0 Å². The third-order valence-corrected chi connectivity index (χ3v) is 4.99. The summed E-state index contributed by atoms with van der Waals surface area (Å²) < 4.78 is 70.0. The molecule has 0 aromatic heterocycles. The summed E-state index contributed by atoms with van der Waals surface area (Å²) in [6, 6.07) is 13.2. The average molecular weight is 422 g/mol. The summed E-state index contributed by atoms with van der Waals surface area (Å²) in [5, 5.41) is 0.973. The van der Waals surface area contributed by atoms with Crippen LogP contribution >= 0.6 is 0 Å². The summed E-state index contributed by atoms with van der Waals surface area (Å²) >= 11 is 0. The molecule has 0 radical (unpaired) electrons. The van der Waals surface area contributed by atoms with E-state index in [9.17, 15) is 22.0 Å². The van der Waals surface area contributed by atoms with Gasteiger partial charge in [-0.25, -0.2) is 22.0 Å². The van der Waals surface area contributed by atoms with Gasteiger partial charge in [0.2, 0.25) is 0 Å². The zero-order chi connectivity index (χ0) is 22.1. The molecule has 0 fully saturated rings. The lowest BCUT2D eigenvalue weighted by atomic mass is 10.00. The van der Waals surface area contributed by atoms with Crippen LogP contribution in [0.5, 0.6) is 0 Å². The van der Waals surface area contributed by atoms with Crippen LogP contribution in [-0.4, -0.2) is 0 Å². The Morgan fingerprint density at radius 2 is 1.29 bits per heavy atom. The van der Waals surface area contributed by atoms with Gasteiger partial charge in [0.25, 0.3) is 0 Å². The fourth-order valence-electron chi connectivity index (χ4n) is 3.34. The van der Waals surface area contributed by atoms with Crippen molar-refractivity contribution in [2.24, 2.45) is 0 Å². The number of benzene rings is 4. The van der Waals surface area contributed by atoms with E-state index in [1.807, 2.05) is 0 Å². The van der Waals surface area contributed by atoms with Crippen molar-refractivity contribution in [2.75, 3.05) is 0 Å². The first-order valence-electron chi connectivity index (χ1n) is 9.54. The number of hydrogen-bond acceptors (Lipinski definition) is 0. The van der Waals surface area contributed by atoms with Crippen molar-refractivity contribution in [1.82, 2.24) is 0 Å². The average Bonchev–Trinajstić information content (AvgIpc) is 2.73. The predicted molar refractivity (Wildman–Crippen MR) is 111 cm³/mol. The molecule has 5 heteroatoms. The maximum atomic E-state index is 14.6. The maximum Gasteiger partial charge on any atom is 0.159 e. The number of rotatable bonds is 2. The van der Waals surface area contributed by atoms with Crippen molar-refractivity contribution in [3.63, 3.8) is 0 Å². The van der Waals surface area contributed by atoms with Crippen molar-refractivity contribution in [3.8, 4) is 23.0 Å². The molecule has 0 aliphatic rings. The molecule has 0 saturated carbocycles. The van der Waals surface area contributed by atoms with Crippen molar-refractivity contribution in [2.45, 2.75) is 13.3 Å². The Hall–Kier alpha value is -3.65. The van der Waals surface area contributed by atoms with Gasteiger partial charge >= 0.3 is 0 Å². The molecule has 31 heavy (non-hydrogen) atoms. The van der Waals surface area contributed by atoms with Gasteiger partial charge in [0.05, 0.1) is 11.1 Å². The number of aryl methyl sites for hydroxylation is 1. The summed E-state index contributed by atoms with van der Waals surface area (Å²) in [7, 11) is 0. The second kappa shape index (κ2) is 8.23. The predicted octanol–water partition coefficient (Wildman–Crippen LogP) is 7.16. The molecule has 0 saturated heterocycles. The quantitative estimate of drug-likeness (QED) is 0.237. The first-order chi connectivity index (χ1) is 14.9.